The molecule has 8 heterocycles. The van der Waals surface area contributed by atoms with E-state index in [4.69, 9.17) is 28.6 Å². The number of rotatable bonds is 8. The highest BCUT2D eigenvalue weighted by Gasteiger charge is 2.52. The van der Waals surface area contributed by atoms with Crippen molar-refractivity contribution < 1.29 is 18.6 Å². The Morgan fingerprint density at radius 2 is 0.561 bits per heavy atom. The van der Waals surface area contributed by atoms with Gasteiger partial charge in [0.1, 0.15) is 0 Å². The first-order chi connectivity index (χ1) is 31.6. The van der Waals surface area contributed by atoms with Gasteiger partial charge in [-0.15, -0.1) is 0 Å². The second-order valence-electron chi connectivity index (χ2n) is 18.5. The SMILES string of the molecule is CC1(C)OB(c2ccc(-c3cc(-c4ccccn4)nc(-c4ccccn4)c3)cc2)OC1(C)C.CC1(C)OB(c2ccc(-c3cc(-c4ccccn4)nc(-c4ccccn4)c3)cc2)OC1(C)C. The van der Waals surface area contributed by atoms with E-state index >= 15 is 0 Å². The second kappa shape index (κ2) is 17.9. The number of benzene rings is 2. The summed E-state index contributed by atoms with van der Waals surface area (Å²) in [5.74, 6) is 0. The van der Waals surface area contributed by atoms with Gasteiger partial charge in [-0.25, -0.2) is 9.97 Å². The minimum absolute atomic E-state index is 0.364. The number of aromatic nitrogens is 6. The zero-order valence-corrected chi connectivity index (χ0v) is 38.6. The molecule has 10 rings (SSSR count). The number of nitrogens with zero attached hydrogens (tertiary/aromatic N) is 6. The molecule has 0 aliphatic carbocycles. The van der Waals surface area contributed by atoms with E-state index in [9.17, 15) is 0 Å². The molecular weight excluding hydrogens is 818 g/mol. The molecule has 6 aromatic heterocycles. The summed E-state index contributed by atoms with van der Waals surface area (Å²) >= 11 is 0. The Morgan fingerprint density at radius 1 is 0.303 bits per heavy atom. The van der Waals surface area contributed by atoms with Gasteiger partial charge in [0.25, 0.3) is 0 Å². The lowest BCUT2D eigenvalue weighted by atomic mass is 9.78. The molecule has 0 atom stereocenters. The molecule has 2 aromatic carbocycles. The summed E-state index contributed by atoms with van der Waals surface area (Å²) in [6, 6.07) is 48.3. The number of pyridine rings is 6. The summed E-state index contributed by atoms with van der Waals surface area (Å²) < 4.78 is 24.8. The molecule has 328 valence electrons. The summed E-state index contributed by atoms with van der Waals surface area (Å²) in [7, 11) is -0.760. The maximum Gasteiger partial charge on any atom is 0.494 e. The van der Waals surface area contributed by atoms with Crippen LogP contribution in [-0.2, 0) is 18.6 Å². The molecular formula is C54H52B2N6O4. The Kier molecular flexibility index (Phi) is 12.1. The standard InChI is InChI=1S/2C27H26BN3O2/c2*1-26(2)27(3,4)33-28(32-26)21-13-11-19(12-14-21)20-17-24(22-9-5-7-15-29-22)31-25(18-20)23-10-6-8-16-30-23/h2*5-18H,1-4H3. The van der Waals surface area contributed by atoms with Crippen molar-refractivity contribution in [3.63, 3.8) is 0 Å². The highest BCUT2D eigenvalue weighted by molar-refractivity contribution is 6.62. The fraction of sp³-hybridized carbons (Fsp3) is 0.222. The van der Waals surface area contributed by atoms with Crippen LogP contribution in [0.25, 0.3) is 67.8 Å². The van der Waals surface area contributed by atoms with E-state index < -0.39 is 0 Å². The van der Waals surface area contributed by atoms with Crippen LogP contribution in [0, 0.1) is 0 Å². The summed E-state index contributed by atoms with van der Waals surface area (Å²) in [5, 5.41) is 0. The molecule has 12 heteroatoms. The van der Waals surface area contributed by atoms with E-state index in [1.807, 2.05) is 72.8 Å². The van der Waals surface area contributed by atoms with Crippen LogP contribution in [0.5, 0.6) is 0 Å². The largest absolute Gasteiger partial charge is 0.494 e. The van der Waals surface area contributed by atoms with Gasteiger partial charge < -0.3 is 18.6 Å². The van der Waals surface area contributed by atoms with Gasteiger partial charge in [-0.2, -0.15) is 0 Å². The van der Waals surface area contributed by atoms with Crippen LogP contribution in [0.15, 0.2) is 170 Å². The predicted octanol–water partition coefficient (Wildman–Crippen LogP) is 10.3. The molecule has 2 aliphatic rings. The Labute approximate surface area is 388 Å². The van der Waals surface area contributed by atoms with E-state index in [2.05, 4.69) is 148 Å². The third-order valence-electron chi connectivity index (χ3n) is 12.9. The third kappa shape index (κ3) is 9.36. The van der Waals surface area contributed by atoms with Crippen molar-refractivity contribution in [2.45, 2.75) is 77.8 Å². The van der Waals surface area contributed by atoms with Crippen molar-refractivity contribution in [1.29, 1.82) is 0 Å². The van der Waals surface area contributed by atoms with Crippen LogP contribution < -0.4 is 10.9 Å². The smallest absolute Gasteiger partial charge is 0.399 e. The molecule has 0 N–H and O–H groups in total. The molecule has 2 saturated heterocycles. The lowest BCUT2D eigenvalue weighted by molar-refractivity contribution is 0.00578. The summed E-state index contributed by atoms with van der Waals surface area (Å²) in [5.41, 5.74) is 11.3. The van der Waals surface area contributed by atoms with Crippen LogP contribution in [0.4, 0.5) is 0 Å². The Morgan fingerprint density at radius 3 is 0.788 bits per heavy atom. The maximum atomic E-state index is 6.20. The molecule has 0 radical (unpaired) electrons. The van der Waals surface area contributed by atoms with Gasteiger partial charge in [0, 0.05) is 24.8 Å². The number of hydrogen-bond donors (Lipinski definition) is 0. The minimum atomic E-state index is -0.380. The first-order valence-corrected chi connectivity index (χ1v) is 22.3. The van der Waals surface area contributed by atoms with Crippen molar-refractivity contribution in [1.82, 2.24) is 29.9 Å². The zero-order chi connectivity index (χ0) is 46.1. The minimum Gasteiger partial charge on any atom is -0.399 e. The van der Waals surface area contributed by atoms with Gasteiger partial charge in [-0.05, 0) is 161 Å². The van der Waals surface area contributed by atoms with Crippen molar-refractivity contribution in [2.75, 3.05) is 0 Å². The highest BCUT2D eigenvalue weighted by atomic mass is 16.7. The molecule has 10 nitrogen and oxygen atoms in total. The van der Waals surface area contributed by atoms with Gasteiger partial charge in [0.15, 0.2) is 0 Å². The van der Waals surface area contributed by atoms with Gasteiger partial charge in [0.2, 0.25) is 0 Å². The zero-order valence-electron chi connectivity index (χ0n) is 38.6. The summed E-state index contributed by atoms with van der Waals surface area (Å²) in [6.45, 7) is 16.5. The van der Waals surface area contributed by atoms with Crippen LogP contribution in [-0.4, -0.2) is 66.5 Å². The van der Waals surface area contributed by atoms with Gasteiger partial charge in [-0.1, -0.05) is 72.8 Å². The van der Waals surface area contributed by atoms with Gasteiger partial charge in [-0.3, -0.25) is 19.9 Å². The molecule has 0 amide bonds. The Bertz CT molecular complexity index is 2570. The Hall–Kier alpha value is -6.69. The molecule has 0 bridgehead atoms. The first-order valence-electron chi connectivity index (χ1n) is 22.3. The van der Waals surface area contributed by atoms with E-state index in [1.54, 1.807) is 24.8 Å². The van der Waals surface area contributed by atoms with Crippen molar-refractivity contribution in [2.24, 2.45) is 0 Å². The summed E-state index contributed by atoms with van der Waals surface area (Å²) in [4.78, 5) is 27.7. The fourth-order valence-corrected chi connectivity index (χ4v) is 7.60. The molecule has 0 saturated carbocycles. The molecule has 2 fully saturated rings. The molecule has 0 unspecified atom stereocenters. The van der Waals surface area contributed by atoms with E-state index in [1.165, 1.54) is 0 Å². The normalized spacial score (nSPS) is 16.7. The maximum absolute atomic E-state index is 6.20. The molecule has 66 heavy (non-hydrogen) atoms. The number of hydrogen-bond acceptors (Lipinski definition) is 10. The van der Waals surface area contributed by atoms with E-state index in [0.29, 0.717) is 0 Å². The van der Waals surface area contributed by atoms with E-state index in [0.717, 1.165) is 78.7 Å². The molecule has 2 aliphatic heterocycles. The van der Waals surface area contributed by atoms with Gasteiger partial charge in [0.05, 0.1) is 68.0 Å². The highest BCUT2D eigenvalue weighted by Crippen LogP contribution is 2.38. The van der Waals surface area contributed by atoms with Crippen LogP contribution in [0.3, 0.4) is 0 Å². The lowest BCUT2D eigenvalue weighted by Gasteiger charge is -2.32. The quantitative estimate of drug-likeness (QED) is 0.137. The van der Waals surface area contributed by atoms with Crippen molar-refractivity contribution in [3.05, 3.63) is 170 Å². The molecule has 8 aromatic rings. The fourth-order valence-electron chi connectivity index (χ4n) is 7.60. The van der Waals surface area contributed by atoms with Crippen molar-refractivity contribution in [3.8, 4) is 67.8 Å². The lowest BCUT2D eigenvalue weighted by Crippen LogP contribution is -2.41. The van der Waals surface area contributed by atoms with Gasteiger partial charge >= 0.3 is 14.2 Å². The van der Waals surface area contributed by atoms with Crippen molar-refractivity contribution >= 4 is 25.2 Å². The monoisotopic (exact) mass is 870 g/mol. The average Bonchev–Trinajstić information content (AvgIpc) is 3.71. The van der Waals surface area contributed by atoms with Crippen LogP contribution in [0.2, 0.25) is 0 Å². The third-order valence-corrected chi connectivity index (χ3v) is 12.9. The predicted molar refractivity (Wildman–Crippen MR) is 264 cm³/mol. The summed E-state index contributed by atoms with van der Waals surface area (Å²) in [6.07, 6.45) is 7.13. The topological polar surface area (TPSA) is 114 Å². The molecule has 0 spiro atoms. The van der Waals surface area contributed by atoms with E-state index in [-0.39, 0.29) is 36.6 Å². The Balaban J connectivity index is 0.000000166. The van der Waals surface area contributed by atoms with Crippen LogP contribution in [0.1, 0.15) is 55.4 Å². The second-order valence-corrected chi connectivity index (χ2v) is 18.5. The average molecular weight is 871 g/mol. The van der Waals surface area contributed by atoms with Crippen LogP contribution >= 0.6 is 0 Å². The first kappa shape index (κ1) is 44.5.